The Bertz CT molecular complexity index is 887. The number of hydrogen-bond acceptors (Lipinski definition) is 3. The Balaban J connectivity index is 1.57. The average Bonchev–Trinajstić information content (AvgIpc) is 3.12. The van der Waals surface area contributed by atoms with Crippen LogP contribution in [-0.4, -0.2) is 25.5 Å². The summed E-state index contributed by atoms with van der Waals surface area (Å²) >= 11 is 11.8. The number of aromatic nitrogens is 4. The third kappa shape index (κ3) is 4.61. The minimum absolute atomic E-state index is 0.0784. The summed E-state index contributed by atoms with van der Waals surface area (Å²) in [4.78, 5) is 12.2. The van der Waals surface area contributed by atoms with E-state index in [-0.39, 0.29) is 5.91 Å². The molecule has 1 N–H and O–H groups in total. The van der Waals surface area contributed by atoms with Gasteiger partial charge < -0.3 is 5.32 Å². The van der Waals surface area contributed by atoms with E-state index < -0.39 is 0 Å². The standard InChI is InChI=1S/C17H17Cl2N5O/c1-12-16(19)9-21-24(12)6-5-17(25)22-15-4-2-3-13(7-15)10-23-11-14(18)8-20-23/h2-4,7-9,11H,5-6,10H2,1H3,(H,22,25). The third-order valence-corrected chi connectivity index (χ3v) is 4.32. The van der Waals surface area contributed by atoms with E-state index in [1.165, 1.54) is 0 Å². The number of halogens is 2. The molecule has 0 saturated carbocycles. The van der Waals surface area contributed by atoms with Gasteiger partial charge in [-0.2, -0.15) is 10.2 Å². The van der Waals surface area contributed by atoms with Gasteiger partial charge in [-0.05, 0) is 24.6 Å². The number of aryl methyl sites for hydroxylation is 1. The van der Waals surface area contributed by atoms with Crippen LogP contribution in [0.15, 0.2) is 42.9 Å². The summed E-state index contributed by atoms with van der Waals surface area (Å²) in [6, 6.07) is 7.64. The molecule has 25 heavy (non-hydrogen) atoms. The van der Waals surface area contributed by atoms with Gasteiger partial charge in [0.1, 0.15) is 0 Å². The zero-order valence-corrected chi connectivity index (χ0v) is 15.1. The normalized spacial score (nSPS) is 10.8. The molecule has 3 rings (SSSR count). The lowest BCUT2D eigenvalue weighted by Gasteiger charge is -2.09. The number of nitrogens with zero attached hydrogens (tertiary/aromatic N) is 4. The zero-order chi connectivity index (χ0) is 17.8. The van der Waals surface area contributed by atoms with Crippen LogP contribution in [0.2, 0.25) is 10.0 Å². The molecule has 0 saturated heterocycles. The van der Waals surface area contributed by atoms with Gasteiger partial charge in [0.15, 0.2) is 0 Å². The lowest BCUT2D eigenvalue weighted by molar-refractivity contribution is -0.116. The molecule has 3 aromatic rings. The lowest BCUT2D eigenvalue weighted by atomic mass is 10.2. The first-order valence-corrected chi connectivity index (χ1v) is 8.51. The summed E-state index contributed by atoms with van der Waals surface area (Å²) in [5.41, 5.74) is 2.62. The van der Waals surface area contributed by atoms with Crippen LogP contribution in [0.5, 0.6) is 0 Å². The van der Waals surface area contributed by atoms with Crippen molar-refractivity contribution < 1.29 is 4.79 Å². The fourth-order valence-corrected chi connectivity index (χ4v) is 2.74. The van der Waals surface area contributed by atoms with Gasteiger partial charge in [0.05, 0.1) is 41.2 Å². The maximum Gasteiger partial charge on any atom is 0.226 e. The molecule has 0 spiro atoms. The van der Waals surface area contributed by atoms with E-state index in [9.17, 15) is 4.79 Å². The fourth-order valence-electron chi connectivity index (χ4n) is 2.44. The van der Waals surface area contributed by atoms with E-state index in [0.29, 0.717) is 29.6 Å². The van der Waals surface area contributed by atoms with E-state index in [2.05, 4.69) is 15.5 Å². The molecule has 1 amide bonds. The van der Waals surface area contributed by atoms with Gasteiger partial charge >= 0.3 is 0 Å². The third-order valence-electron chi connectivity index (χ3n) is 3.75. The topological polar surface area (TPSA) is 64.7 Å². The minimum atomic E-state index is -0.0784. The van der Waals surface area contributed by atoms with Crippen molar-refractivity contribution in [1.82, 2.24) is 19.6 Å². The molecule has 0 atom stereocenters. The maximum atomic E-state index is 12.2. The van der Waals surface area contributed by atoms with Crippen LogP contribution in [0, 0.1) is 6.92 Å². The largest absolute Gasteiger partial charge is 0.326 e. The maximum absolute atomic E-state index is 12.2. The molecule has 0 bridgehead atoms. The van der Waals surface area contributed by atoms with Crippen LogP contribution in [0.3, 0.4) is 0 Å². The van der Waals surface area contributed by atoms with Crippen molar-refractivity contribution >= 4 is 34.8 Å². The van der Waals surface area contributed by atoms with Crippen molar-refractivity contribution in [2.45, 2.75) is 26.4 Å². The number of amides is 1. The van der Waals surface area contributed by atoms with E-state index in [1.54, 1.807) is 28.0 Å². The van der Waals surface area contributed by atoms with Crippen molar-refractivity contribution in [2.75, 3.05) is 5.32 Å². The molecule has 2 aromatic heterocycles. The van der Waals surface area contributed by atoms with Gasteiger partial charge in [-0.15, -0.1) is 0 Å². The average molecular weight is 378 g/mol. The quantitative estimate of drug-likeness (QED) is 0.710. The molecule has 0 aliphatic carbocycles. The summed E-state index contributed by atoms with van der Waals surface area (Å²) in [7, 11) is 0. The predicted molar refractivity (Wildman–Crippen MR) is 98.0 cm³/mol. The molecule has 8 heteroatoms. The smallest absolute Gasteiger partial charge is 0.226 e. The summed E-state index contributed by atoms with van der Waals surface area (Å²) in [5.74, 6) is -0.0784. The molecule has 0 unspecified atom stereocenters. The lowest BCUT2D eigenvalue weighted by Crippen LogP contribution is -2.15. The van der Waals surface area contributed by atoms with Crippen molar-refractivity contribution in [2.24, 2.45) is 0 Å². The Morgan fingerprint density at radius 1 is 1.24 bits per heavy atom. The number of benzene rings is 1. The Kier molecular flexibility index (Phi) is 5.40. The molecule has 0 radical (unpaired) electrons. The molecular formula is C17H17Cl2N5O. The van der Waals surface area contributed by atoms with Crippen molar-refractivity contribution in [3.05, 3.63) is 64.2 Å². The molecule has 0 aliphatic rings. The number of hydrogen-bond donors (Lipinski definition) is 1. The minimum Gasteiger partial charge on any atom is -0.326 e. The summed E-state index contributed by atoms with van der Waals surface area (Å²) in [5, 5.41) is 12.4. The first-order chi connectivity index (χ1) is 12.0. The summed E-state index contributed by atoms with van der Waals surface area (Å²) in [6.45, 7) is 2.94. The number of nitrogens with one attached hydrogen (secondary N) is 1. The van der Waals surface area contributed by atoms with Gasteiger partial charge in [-0.1, -0.05) is 35.3 Å². The molecule has 0 aliphatic heterocycles. The summed E-state index contributed by atoms with van der Waals surface area (Å²) < 4.78 is 3.47. The molecular weight excluding hydrogens is 361 g/mol. The van der Waals surface area contributed by atoms with Crippen LogP contribution in [0.25, 0.3) is 0 Å². The van der Waals surface area contributed by atoms with Crippen molar-refractivity contribution in [3.8, 4) is 0 Å². The van der Waals surface area contributed by atoms with E-state index in [1.807, 2.05) is 31.2 Å². The van der Waals surface area contributed by atoms with Crippen LogP contribution < -0.4 is 5.32 Å². The second kappa shape index (κ2) is 7.72. The van der Waals surface area contributed by atoms with E-state index >= 15 is 0 Å². The molecule has 1 aromatic carbocycles. The highest BCUT2D eigenvalue weighted by molar-refractivity contribution is 6.31. The Labute approximate surface area is 155 Å². The van der Waals surface area contributed by atoms with E-state index in [0.717, 1.165) is 16.9 Å². The second-order valence-corrected chi connectivity index (χ2v) is 6.50. The zero-order valence-electron chi connectivity index (χ0n) is 13.6. The van der Waals surface area contributed by atoms with Gasteiger partial charge in [-0.25, -0.2) is 0 Å². The SMILES string of the molecule is Cc1c(Cl)cnn1CCC(=O)Nc1cccc(Cn2cc(Cl)cn2)c1. The molecule has 0 fully saturated rings. The van der Waals surface area contributed by atoms with Gasteiger partial charge in [-0.3, -0.25) is 14.2 Å². The summed E-state index contributed by atoms with van der Waals surface area (Å²) in [6.07, 6.45) is 5.25. The van der Waals surface area contributed by atoms with Crippen LogP contribution >= 0.6 is 23.2 Å². The van der Waals surface area contributed by atoms with Crippen molar-refractivity contribution in [3.63, 3.8) is 0 Å². The van der Waals surface area contributed by atoms with E-state index in [4.69, 9.17) is 23.2 Å². The predicted octanol–water partition coefficient (Wildman–Crippen LogP) is 3.77. The second-order valence-electron chi connectivity index (χ2n) is 5.66. The molecule has 6 nitrogen and oxygen atoms in total. The number of anilines is 1. The van der Waals surface area contributed by atoms with Gasteiger partial charge in [0, 0.05) is 18.3 Å². The monoisotopic (exact) mass is 377 g/mol. The molecule has 130 valence electrons. The molecule has 2 heterocycles. The number of carbonyl (C=O) groups excluding carboxylic acids is 1. The van der Waals surface area contributed by atoms with Crippen LogP contribution in [-0.2, 0) is 17.9 Å². The fraction of sp³-hybridized carbons (Fsp3) is 0.235. The van der Waals surface area contributed by atoms with Gasteiger partial charge in [0.2, 0.25) is 5.91 Å². The van der Waals surface area contributed by atoms with Crippen LogP contribution in [0.1, 0.15) is 17.7 Å². The Morgan fingerprint density at radius 3 is 2.76 bits per heavy atom. The number of rotatable bonds is 6. The first-order valence-electron chi connectivity index (χ1n) is 7.76. The Hall–Kier alpha value is -2.31. The first kappa shape index (κ1) is 17.5. The Morgan fingerprint density at radius 2 is 2.08 bits per heavy atom. The number of carbonyl (C=O) groups is 1. The highest BCUT2D eigenvalue weighted by atomic mass is 35.5. The highest BCUT2D eigenvalue weighted by Gasteiger charge is 2.08. The van der Waals surface area contributed by atoms with Crippen molar-refractivity contribution in [1.29, 1.82) is 0 Å². The van der Waals surface area contributed by atoms with Crippen LogP contribution in [0.4, 0.5) is 5.69 Å². The van der Waals surface area contributed by atoms with Gasteiger partial charge in [0.25, 0.3) is 0 Å². The highest BCUT2D eigenvalue weighted by Crippen LogP contribution is 2.15.